The third kappa shape index (κ3) is 5.07. The fraction of sp³-hybridized carbons (Fsp3) is 0.455. The monoisotopic (exact) mass is 418 g/mol. The summed E-state index contributed by atoms with van der Waals surface area (Å²) in [7, 11) is 0. The van der Waals surface area contributed by atoms with Gasteiger partial charge in [0.2, 0.25) is 11.8 Å². The van der Waals surface area contributed by atoms with E-state index in [1.165, 1.54) is 0 Å². The molecular weight excluding hydrogens is 392 g/mol. The van der Waals surface area contributed by atoms with Gasteiger partial charge in [-0.1, -0.05) is 29.8 Å². The van der Waals surface area contributed by atoms with Gasteiger partial charge in [0, 0.05) is 30.9 Å². The Morgan fingerprint density at radius 3 is 2.66 bits per heavy atom. The van der Waals surface area contributed by atoms with E-state index in [0.717, 1.165) is 5.56 Å². The molecule has 1 aliphatic heterocycles. The van der Waals surface area contributed by atoms with Gasteiger partial charge in [0.25, 0.3) is 0 Å². The Morgan fingerprint density at radius 2 is 1.97 bits per heavy atom. The Bertz CT molecular complexity index is 837. The van der Waals surface area contributed by atoms with Crippen LogP contribution in [-0.4, -0.2) is 43.9 Å². The van der Waals surface area contributed by atoms with Crippen molar-refractivity contribution in [1.29, 1.82) is 0 Å². The topological polar surface area (TPSA) is 69.7 Å². The number of aromatic nitrogens is 1. The van der Waals surface area contributed by atoms with E-state index < -0.39 is 5.41 Å². The summed E-state index contributed by atoms with van der Waals surface area (Å²) in [4.78, 5) is 17.9. The molecule has 2 aromatic rings. The van der Waals surface area contributed by atoms with Crippen LogP contribution < -0.4 is 10.1 Å². The zero-order chi connectivity index (χ0) is 20.7. The fourth-order valence-corrected chi connectivity index (χ4v) is 3.85. The predicted octanol–water partition coefficient (Wildman–Crippen LogP) is 4.15. The maximum absolute atomic E-state index is 13.4. The van der Waals surface area contributed by atoms with Gasteiger partial charge < -0.3 is 19.5 Å². The van der Waals surface area contributed by atoms with Gasteiger partial charge in [0.15, 0.2) is 0 Å². The van der Waals surface area contributed by atoms with Crippen molar-refractivity contribution in [2.24, 2.45) is 0 Å². The van der Waals surface area contributed by atoms with Crippen molar-refractivity contribution in [2.45, 2.75) is 32.1 Å². The van der Waals surface area contributed by atoms with Gasteiger partial charge in [-0.3, -0.25) is 4.79 Å². The molecule has 156 valence electrons. The van der Waals surface area contributed by atoms with Gasteiger partial charge in [0.1, 0.15) is 6.61 Å². The highest BCUT2D eigenvalue weighted by atomic mass is 35.5. The minimum atomic E-state index is -0.726. The lowest BCUT2D eigenvalue weighted by Gasteiger charge is -2.36. The molecule has 1 fully saturated rings. The Kier molecular flexibility index (Phi) is 7.47. The van der Waals surface area contributed by atoms with Crippen molar-refractivity contribution in [2.75, 3.05) is 38.4 Å². The number of amides is 1. The predicted molar refractivity (Wildman–Crippen MR) is 113 cm³/mol. The van der Waals surface area contributed by atoms with Crippen LogP contribution in [-0.2, 0) is 19.7 Å². The SMILES string of the molecule is CCOCCOc1ccc(NC(=O)C2(c3ccccc3Cl)CCOCC2)c(C)n1. The van der Waals surface area contributed by atoms with E-state index in [1.54, 1.807) is 6.07 Å². The molecule has 1 aliphatic rings. The Labute approximate surface area is 176 Å². The number of nitrogens with one attached hydrogen (secondary N) is 1. The highest BCUT2D eigenvalue weighted by Crippen LogP contribution is 2.39. The van der Waals surface area contributed by atoms with Crippen molar-refractivity contribution in [3.8, 4) is 5.88 Å². The molecule has 0 unspecified atom stereocenters. The molecule has 7 heteroatoms. The van der Waals surface area contributed by atoms with Crippen LogP contribution in [0.3, 0.4) is 0 Å². The number of halogens is 1. The fourth-order valence-electron chi connectivity index (χ4n) is 3.53. The van der Waals surface area contributed by atoms with Crippen molar-refractivity contribution < 1.29 is 19.0 Å². The number of aryl methyl sites for hydroxylation is 1. The van der Waals surface area contributed by atoms with E-state index in [-0.39, 0.29) is 5.91 Å². The summed E-state index contributed by atoms with van der Waals surface area (Å²) in [6, 6.07) is 11.1. The average Bonchev–Trinajstić information content (AvgIpc) is 2.74. The van der Waals surface area contributed by atoms with E-state index in [4.69, 9.17) is 25.8 Å². The van der Waals surface area contributed by atoms with Crippen LogP contribution in [0.4, 0.5) is 5.69 Å². The molecule has 1 N–H and O–H groups in total. The molecule has 2 heterocycles. The van der Waals surface area contributed by atoms with Gasteiger partial charge in [-0.2, -0.15) is 0 Å². The molecule has 29 heavy (non-hydrogen) atoms. The van der Waals surface area contributed by atoms with E-state index in [9.17, 15) is 4.79 Å². The summed E-state index contributed by atoms with van der Waals surface area (Å²) in [6.45, 7) is 6.41. The van der Waals surface area contributed by atoms with E-state index >= 15 is 0 Å². The summed E-state index contributed by atoms with van der Waals surface area (Å²) < 4.78 is 16.4. The number of ether oxygens (including phenoxy) is 3. The molecule has 3 rings (SSSR count). The third-order valence-electron chi connectivity index (χ3n) is 5.16. The first-order valence-electron chi connectivity index (χ1n) is 9.89. The Morgan fingerprint density at radius 1 is 1.21 bits per heavy atom. The quantitative estimate of drug-likeness (QED) is 0.652. The minimum absolute atomic E-state index is 0.0937. The lowest BCUT2D eigenvalue weighted by molar-refractivity contribution is -0.125. The second kappa shape index (κ2) is 10.1. The zero-order valence-electron chi connectivity index (χ0n) is 16.9. The summed E-state index contributed by atoms with van der Waals surface area (Å²) in [5.41, 5.74) is 1.46. The number of rotatable bonds is 8. The van der Waals surface area contributed by atoms with Gasteiger partial charge in [-0.15, -0.1) is 0 Å². The van der Waals surface area contributed by atoms with Gasteiger partial charge in [-0.05, 0) is 44.4 Å². The van der Waals surface area contributed by atoms with Crippen LogP contribution in [0.1, 0.15) is 31.0 Å². The lowest BCUT2D eigenvalue weighted by atomic mass is 9.73. The lowest BCUT2D eigenvalue weighted by Crippen LogP contribution is -2.45. The molecule has 0 saturated carbocycles. The van der Waals surface area contributed by atoms with Crippen LogP contribution in [0.25, 0.3) is 0 Å². The van der Waals surface area contributed by atoms with Crippen molar-refractivity contribution in [3.05, 3.63) is 52.7 Å². The number of benzene rings is 1. The standard InChI is InChI=1S/C22H27ClN2O4/c1-3-27-14-15-29-20-9-8-19(16(2)24-20)25-21(26)22(10-12-28-13-11-22)17-6-4-5-7-18(17)23/h4-9H,3,10-15H2,1-2H3,(H,25,26). The number of anilines is 1. The number of pyridine rings is 1. The highest BCUT2D eigenvalue weighted by Gasteiger charge is 2.43. The first-order chi connectivity index (χ1) is 14.1. The van der Waals surface area contributed by atoms with Crippen LogP contribution in [0.5, 0.6) is 5.88 Å². The second-order valence-electron chi connectivity index (χ2n) is 6.96. The molecule has 1 aromatic heterocycles. The summed E-state index contributed by atoms with van der Waals surface area (Å²) >= 11 is 6.46. The van der Waals surface area contributed by atoms with Gasteiger partial charge in [-0.25, -0.2) is 4.98 Å². The molecule has 0 bridgehead atoms. The smallest absolute Gasteiger partial charge is 0.235 e. The van der Waals surface area contributed by atoms with Crippen molar-refractivity contribution >= 4 is 23.2 Å². The molecule has 1 amide bonds. The van der Waals surface area contributed by atoms with Gasteiger partial charge >= 0.3 is 0 Å². The van der Waals surface area contributed by atoms with Crippen LogP contribution in [0, 0.1) is 6.92 Å². The molecule has 1 saturated heterocycles. The second-order valence-corrected chi connectivity index (χ2v) is 7.36. The number of carbonyl (C=O) groups excluding carboxylic acids is 1. The molecule has 0 radical (unpaired) electrons. The summed E-state index contributed by atoms with van der Waals surface area (Å²) in [5, 5.41) is 3.65. The van der Waals surface area contributed by atoms with E-state index in [2.05, 4.69) is 10.3 Å². The molecule has 0 aliphatic carbocycles. The molecule has 1 aromatic carbocycles. The summed E-state index contributed by atoms with van der Waals surface area (Å²) in [6.07, 6.45) is 1.15. The highest BCUT2D eigenvalue weighted by molar-refractivity contribution is 6.31. The van der Waals surface area contributed by atoms with Crippen LogP contribution in [0.15, 0.2) is 36.4 Å². The first-order valence-corrected chi connectivity index (χ1v) is 10.3. The normalized spacial score (nSPS) is 15.7. The van der Waals surface area contributed by atoms with Crippen molar-refractivity contribution in [1.82, 2.24) is 4.98 Å². The maximum atomic E-state index is 13.4. The van der Waals surface area contributed by atoms with E-state index in [1.807, 2.05) is 44.2 Å². The Hall–Kier alpha value is -2.15. The largest absolute Gasteiger partial charge is 0.475 e. The number of carbonyl (C=O) groups is 1. The number of nitrogens with zero attached hydrogens (tertiary/aromatic N) is 1. The van der Waals surface area contributed by atoms with Crippen LogP contribution in [0.2, 0.25) is 5.02 Å². The number of hydrogen-bond donors (Lipinski definition) is 1. The minimum Gasteiger partial charge on any atom is -0.475 e. The van der Waals surface area contributed by atoms with Gasteiger partial charge in [0.05, 0.1) is 23.4 Å². The first kappa shape index (κ1) is 21.6. The molecule has 6 nitrogen and oxygen atoms in total. The maximum Gasteiger partial charge on any atom is 0.235 e. The molecular formula is C22H27ClN2O4. The summed E-state index contributed by atoms with van der Waals surface area (Å²) in [5.74, 6) is 0.413. The molecule has 0 spiro atoms. The molecule has 0 atom stereocenters. The van der Waals surface area contributed by atoms with E-state index in [0.29, 0.717) is 68.2 Å². The van der Waals surface area contributed by atoms with Crippen molar-refractivity contribution in [3.63, 3.8) is 0 Å². The Balaban J connectivity index is 1.77. The average molecular weight is 419 g/mol. The number of hydrogen-bond acceptors (Lipinski definition) is 5. The third-order valence-corrected chi connectivity index (χ3v) is 5.49. The van der Waals surface area contributed by atoms with Crippen LogP contribution >= 0.6 is 11.6 Å². The zero-order valence-corrected chi connectivity index (χ0v) is 17.6.